The van der Waals surface area contributed by atoms with Crippen LogP contribution in [0.2, 0.25) is 0 Å². The maximum atomic E-state index is 12.3. The summed E-state index contributed by atoms with van der Waals surface area (Å²) in [7, 11) is -0.0286. The second kappa shape index (κ2) is 6.00. The van der Waals surface area contributed by atoms with Gasteiger partial charge in [-0.15, -0.1) is 0 Å². The highest BCUT2D eigenvalue weighted by atomic mass is 32.2. The van der Waals surface area contributed by atoms with Crippen molar-refractivity contribution >= 4 is 10.0 Å². The van der Waals surface area contributed by atoms with Crippen LogP contribution in [-0.4, -0.2) is 25.2 Å². The molecule has 0 aliphatic heterocycles. The number of nitrogens with one attached hydrogen (secondary N) is 2. The van der Waals surface area contributed by atoms with E-state index in [1.807, 2.05) is 6.92 Å². The lowest BCUT2D eigenvalue weighted by molar-refractivity contribution is 0.465. The van der Waals surface area contributed by atoms with Crippen LogP contribution >= 0.6 is 0 Å². The van der Waals surface area contributed by atoms with Gasteiger partial charge in [-0.25, -0.2) is 13.1 Å². The molecule has 0 radical (unpaired) electrons. The second-order valence-electron chi connectivity index (χ2n) is 4.90. The molecule has 8 heteroatoms. The van der Waals surface area contributed by atoms with E-state index in [9.17, 15) is 8.42 Å². The quantitative estimate of drug-likeness (QED) is 0.824. The van der Waals surface area contributed by atoms with E-state index in [1.54, 1.807) is 38.0 Å². The lowest BCUT2D eigenvalue weighted by atomic mass is 10.3. The molecule has 2 rings (SSSR count). The molecule has 0 aromatic carbocycles. The standard InChI is InChI=1S/C13H20N4O3S/c1-9-11(8-17(4)16-9)6-15-21(18,19)13-5-12(7-14-3)20-10(13)2/h5,8,14-15H,6-7H2,1-4H3. The SMILES string of the molecule is CNCc1cc(S(=O)(=O)NCc2cn(C)nc2C)c(C)o1. The number of sulfonamides is 1. The molecule has 2 aromatic heterocycles. The van der Waals surface area contributed by atoms with Gasteiger partial charge >= 0.3 is 0 Å². The third-order valence-electron chi connectivity index (χ3n) is 3.13. The van der Waals surface area contributed by atoms with Crippen molar-refractivity contribution in [2.75, 3.05) is 7.05 Å². The fourth-order valence-electron chi connectivity index (χ4n) is 2.13. The first-order chi connectivity index (χ1) is 9.83. The lowest BCUT2D eigenvalue weighted by Crippen LogP contribution is -2.23. The molecule has 2 aromatic rings. The molecular formula is C13H20N4O3S. The minimum absolute atomic E-state index is 0.175. The maximum Gasteiger partial charge on any atom is 0.244 e. The van der Waals surface area contributed by atoms with Crippen molar-refractivity contribution < 1.29 is 12.8 Å². The van der Waals surface area contributed by atoms with Crippen molar-refractivity contribution in [3.8, 4) is 0 Å². The van der Waals surface area contributed by atoms with Gasteiger partial charge in [-0.2, -0.15) is 5.10 Å². The molecule has 0 unspecified atom stereocenters. The van der Waals surface area contributed by atoms with Gasteiger partial charge in [0.05, 0.1) is 12.2 Å². The summed E-state index contributed by atoms with van der Waals surface area (Å²) in [5.74, 6) is 0.976. The Labute approximate surface area is 124 Å². The number of rotatable bonds is 6. The Morgan fingerprint density at radius 1 is 1.33 bits per heavy atom. The molecular weight excluding hydrogens is 292 g/mol. The predicted octanol–water partition coefficient (Wildman–Crippen LogP) is 0.828. The molecule has 0 aliphatic carbocycles. The Hall–Kier alpha value is -1.64. The van der Waals surface area contributed by atoms with E-state index in [-0.39, 0.29) is 11.4 Å². The summed E-state index contributed by atoms with van der Waals surface area (Å²) in [4.78, 5) is 0.175. The van der Waals surface area contributed by atoms with E-state index >= 15 is 0 Å². The van der Waals surface area contributed by atoms with Crippen LogP contribution in [0, 0.1) is 13.8 Å². The van der Waals surface area contributed by atoms with Gasteiger partial charge in [0.15, 0.2) is 0 Å². The van der Waals surface area contributed by atoms with Gasteiger partial charge in [0, 0.05) is 31.4 Å². The Balaban J connectivity index is 2.16. The van der Waals surface area contributed by atoms with Crippen LogP contribution in [0.3, 0.4) is 0 Å². The first-order valence-electron chi connectivity index (χ1n) is 6.56. The van der Waals surface area contributed by atoms with E-state index in [2.05, 4.69) is 15.1 Å². The van der Waals surface area contributed by atoms with Crippen LogP contribution in [-0.2, 0) is 30.2 Å². The zero-order chi connectivity index (χ0) is 15.6. The topological polar surface area (TPSA) is 89.2 Å². The molecule has 0 saturated carbocycles. The zero-order valence-corrected chi connectivity index (χ0v) is 13.4. The highest BCUT2D eigenvalue weighted by Crippen LogP contribution is 2.20. The highest BCUT2D eigenvalue weighted by Gasteiger charge is 2.21. The number of hydrogen-bond acceptors (Lipinski definition) is 5. The van der Waals surface area contributed by atoms with Crippen molar-refractivity contribution in [2.45, 2.75) is 31.8 Å². The molecule has 116 valence electrons. The number of hydrogen-bond donors (Lipinski definition) is 2. The number of furan rings is 1. The Morgan fingerprint density at radius 3 is 2.62 bits per heavy atom. The average Bonchev–Trinajstić information content (AvgIpc) is 2.91. The molecule has 0 atom stereocenters. The van der Waals surface area contributed by atoms with E-state index < -0.39 is 10.0 Å². The van der Waals surface area contributed by atoms with Crippen LogP contribution in [0.4, 0.5) is 0 Å². The van der Waals surface area contributed by atoms with E-state index in [4.69, 9.17) is 4.42 Å². The molecule has 0 saturated heterocycles. The summed E-state index contributed by atoms with van der Waals surface area (Å²) in [6.45, 7) is 4.17. The fraction of sp³-hybridized carbons (Fsp3) is 0.462. The van der Waals surface area contributed by atoms with E-state index in [0.29, 0.717) is 18.1 Å². The fourth-order valence-corrected chi connectivity index (χ4v) is 3.33. The van der Waals surface area contributed by atoms with Crippen LogP contribution in [0.1, 0.15) is 22.8 Å². The Morgan fingerprint density at radius 2 is 2.05 bits per heavy atom. The van der Waals surface area contributed by atoms with Crippen molar-refractivity contribution in [3.63, 3.8) is 0 Å². The maximum absolute atomic E-state index is 12.3. The summed E-state index contributed by atoms with van der Waals surface area (Å²) in [6, 6.07) is 1.55. The summed E-state index contributed by atoms with van der Waals surface area (Å²) in [6.07, 6.45) is 1.80. The number of aromatic nitrogens is 2. The molecule has 7 nitrogen and oxygen atoms in total. The van der Waals surface area contributed by atoms with Gasteiger partial charge in [-0.3, -0.25) is 4.68 Å². The van der Waals surface area contributed by atoms with Crippen LogP contribution in [0.25, 0.3) is 0 Å². The lowest BCUT2D eigenvalue weighted by Gasteiger charge is -2.04. The first-order valence-corrected chi connectivity index (χ1v) is 8.04. The number of aryl methyl sites for hydroxylation is 3. The smallest absolute Gasteiger partial charge is 0.244 e. The van der Waals surface area contributed by atoms with E-state index in [0.717, 1.165) is 11.3 Å². The molecule has 0 aliphatic rings. The average molecular weight is 312 g/mol. The summed E-state index contributed by atoms with van der Waals surface area (Å²) >= 11 is 0. The highest BCUT2D eigenvalue weighted by molar-refractivity contribution is 7.89. The van der Waals surface area contributed by atoms with Gasteiger partial charge in [-0.1, -0.05) is 0 Å². The zero-order valence-electron chi connectivity index (χ0n) is 12.6. The van der Waals surface area contributed by atoms with Gasteiger partial charge < -0.3 is 9.73 Å². The van der Waals surface area contributed by atoms with Gasteiger partial charge in [0.2, 0.25) is 10.0 Å². The normalized spacial score (nSPS) is 12.0. The minimum Gasteiger partial charge on any atom is -0.464 e. The molecule has 2 heterocycles. The van der Waals surface area contributed by atoms with Crippen molar-refractivity contribution in [1.82, 2.24) is 19.8 Å². The Bertz CT molecular complexity index is 731. The monoisotopic (exact) mass is 312 g/mol. The van der Waals surface area contributed by atoms with Gasteiger partial charge in [0.1, 0.15) is 16.4 Å². The molecule has 21 heavy (non-hydrogen) atoms. The molecule has 2 N–H and O–H groups in total. The third-order valence-corrected chi connectivity index (χ3v) is 4.64. The number of nitrogens with zero attached hydrogens (tertiary/aromatic N) is 2. The molecule has 0 spiro atoms. The van der Waals surface area contributed by atoms with Crippen LogP contribution < -0.4 is 10.0 Å². The van der Waals surface area contributed by atoms with Crippen LogP contribution in [0.15, 0.2) is 21.6 Å². The van der Waals surface area contributed by atoms with Gasteiger partial charge in [0.25, 0.3) is 0 Å². The summed E-state index contributed by atoms with van der Waals surface area (Å²) in [5, 5.41) is 7.11. The molecule has 0 fully saturated rings. The second-order valence-corrected chi connectivity index (χ2v) is 6.64. The van der Waals surface area contributed by atoms with Gasteiger partial charge in [-0.05, 0) is 20.9 Å². The van der Waals surface area contributed by atoms with Crippen molar-refractivity contribution in [3.05, 3.63) is 35.0 Å². The molecule has 0 bridgehead atoms. The van der Waals surface area contributed by atoms with Crippen molar-refractivity contribution in [1.29, 1.82) is 0 Å². The largest absolute Gasteiger partial charge is 0.464 e. The molecule has 0 amide bonds. The summed E-state index contributed by atoms with van der Waals surface area (Å²) < 4.78 is 34.4. The third kappa shape index (κ3) is 3.52. The first kappa shape index (κ1) is 15.7. The van der Waals surface area contributed by atoms with E-state index in [1.165, 1.54) is 0 Å². The summed E-state index contributed by atoms with van der Waals surface area (Å²) in [5.41, 5.74) is 1.65. The minimum atomic E-state index is -3.60. The van der Waals surface area contributed by atoms with Crippen LogP contribution in [0.5, 0.6) is 0 Å². The Kier molecular flexibility index (Phi) is 4.50. The predicted molar refractivity (Wildman–Crippen MR) is 78.2 cm³/mol. The van der Waals surface area contributed by atoms with Crippen molar-refractivity contribution in [2.24, 2.45) is 7.05 Å².